The number of rotatable bonds is 3. The minimum atomic E-state index is -0.192. The molecule has 0 unspecified atom stereocenters. The number of carbonyl (C=O) groups excluding carboxylic acids is 1. The molecule has 0 radical (unpaired) electrons. The van der Waals surface area contributed by atoms with E-state index in [0.717, 1.165) is 17.0 Å². The van der Waals surface area contributed by atoms with Gasteiger partial charge in [-0.15, -0.1) is 5.10 Å². The van der Waals surface area contributed by atoms with Gasteiger partial charge in [0.2, 0.25) is 0 Å². The summed E-state index contributed by atoms with van der Waals surface area (Å²) < 4.78 is 6.52. The maximum atomic E-state index is 12.7. The Morgan fingerprint density at radius 1 is 1.08 bits per heavy atom. The monoisotopic (exact) mass is 338 g/mol. The molecule has 0 fully saturated rings. The van der Waals surface area contributed by atoms with Crippen LogP contribution in [0.4, 0.5) is 10.5 Å². The van der Waals surface area contributed by atoms with E-state index in [4.69, 9.17) is 4.74 Å². The average Bonchev–Trinajstić information content (AvgIpc) is 3.08. The molecule has 1 aliphatic heterocycles. The summed E-state index contributed by atoms with van der Waals surface area (Å²) >= 11 is 1.49. The van der Waals surface area contributed by atoms with Gasteiger partial charge < -0.3 is 4.74 Å². The van der Waals surface area contributed by atoms with Crippen molar-refractivity contribution in [3.8, 4) is 17.1 Å². The van der Waals surface area contributed by atoms with Crippen LogP contribution in [0.25, 0.3) is 11.4 Å². The van der Waals surface area contributed by atoms with E-state index in [0.29, 0.717) is 16.9 Å². The summed E-state index contributed by atoms with van der Waals surface area (Å²) in [5, 5.41) is 5.00. The van der Waals surface area contributed by atoms with E-state index in [1.54, 1.807) is 12.0 Å². The molecule has 2 aromatic carbocycles. The van der Waals surface area contributed by atoms with Crippen LogP contribution in [0.15, 0.2) is 59.8 Å². The quantitative estimate of drug-likeness (QED) is 0.731. The fraction of sp³-hybridized carbons (Fsp3) is 0.118. The third-order valence-electron chi connectivity index (χ3n) is 3.73. The summed E-state index contributed by atoms with van der Waals surface area (Å²) in [6.45, 7) is 0. The maximum absolute atomic E-state index is 12.7. The first kappa shape index (κ1) is 14.8. The van der Waals surface area contributed by atoms with Crippen LogP contribution in [0.1, 0.15) is 0 Å². The Morgan fingerprint density at radius 3 is 2.54 bits per heavy atom. The minimum Gasteiger partial charge on any atom is -0.497 e. The molecule has 0 saturated carbocycles. The number of amides is 1. The van der Waals surface area contributed by atoms with Crippen molar-refractivity contribution in [3.63, 3.8) is 0 Å². The normalized spacial score (nSPS) is 13.7. The van der Waals surface area contributed by atoms with Gasteiger partial charge in [-0.05, 0) is 36.4 Å². The van der Waals surface area contributed by atoms with E-state index < -0.39 is 0 Å². The Labute approximate surface area is 143 Å². The number of methoxy groups -OCH3 is 1. The molecule has 0 saturated heterocycles. The molecule has 2 heterocycles. The van der Waals surface area contributed by atoms with Gasteiger partial charge in [-0.25, -0.2) is 9.78 Å². The molecular weight excluding hydrogens is 324 g/mol. The number of thioether (sulfide) groups is 1. The SMILES string of the molecule is COc1ccc(-c2nc3n(n2)C(=O)N(c2ccccc2)CS3)cc1. The zero-order valence-corrected chi connectivity index (χ0v) is 13.7. The minimum absolute atomic E-state index is 0.192. The van der Waals surface area contributed by atoms with Crippen LogP contribution >= 0.6 is 11.8 Å². The molecule has 1 aromatic heterocycles. The van der Waals surface area contributed by atoms with Crippen LogP contribution in [0.3, 0.4) is 0 Å². The van der Waals surface area contributed by atoms with Crippen LogP contribution in [-0.4, -0.2) is 33.8 Å². The van der Waals surface area contributed by atoms with Gasteiger partial charge in [-0.3, -0.25) is 4.90 Å². The third-order valence-corrected chi connectivity index (χ3v) is 4.64. The van der Waals surface area contributed by atoms with E-state index >= 15 is 0 Å². The largest absolute Gasteiger partial charge is 0.497 e. The second kappa shape index (κ2) is 6.01. The highest BCUT2D eigenvalue weighted by molar-refractivity contribution is 7.99. The van der Waals surface area contributed by atoms with Crippen molar-refractivity contribution in [1.29, 1.82) is 0 Å². The van der Waals surface area contributed by atoms with Gasteiger partial charge in [0.25, 0.3) is 0 Å². The molecule has 1 aliphatic rings. The van der Waals surface area contributed by atoms with Gasteiger partial charge in [0, 0.05) is 11.3 Å². The number of fused-ring (bicyclic) bond motifs is 1. The number of anilines is 1. The molecule has 4 rings (SSSR count). The fourth-order valence-electron chi connectivity index (χ4n) is 2.46. The molecule has 0 atom stereocenters. The van der Waals surface area contributed by atoms with E-state index in [-0.39, 0.29) is 6.03 Å². The second-order valence-electron chi connectivity index (χ2n) is 5.18. The number of para-hydroxylation sites is 1. The summed E-state index contributed by atoms with van der Waals surface area (Å²) in [5.74, 6) is 1.82. The standard InChI is InChI=1S/C17H14N4O2S/c1-23-14-9-7-12(8-10-14)15-18-16-21(19-15)17(22)20(11-24-16)13-5-3-2-4-6-13/h2-10H,11H2,1H3. The molecule has 24 heavy (non-hydrogen) atoms. The number of nitrogens with zero attached hydrogens (tertiary/aromatic N) is 4. The predicted molar refractivity (Wildman–Crippen MR) is 92.4 cm³/mol. The zero-order chi connectivity index (χ0) is 16.5. The van der Waals surface area contributed by atoms with Gasteiger partial charge in [0.05, 0.1) is 13.0 Å². The summed E-state index contributed by atoms with van der Waals surface area (Å²) in [6, 6.07) is 16.8. The highest BCUT2D eigenvalue weighted by Gasteiger charge is 2.29. The lowest BCUT2D eigenvalue weighted by molar-refractivity contribution is 0.243. The summed E-state index contributed by atoms with van der Waals surface area (Å²) in [6.07, 6.45) is 0. The van der Waals surface area contributed by atoms with Gasteiger partial charge >= 0.3 is 6.03 Å². The average molecular weight is 338 g/mol. The first-order valence-electron chi connectivity index (χ1n) is 7.37. The smallest absolute Gasteiger partial charge is 0.352 e. The van der Waals surface area contributed by atoms with Crippen LogP contribution in [-0.2, 0) is 0 Å². The topological polar surface area (TPSA) is 60.2 Å². The summed E-state index contributed by atoms with van der Waals surface area (Å²) in [5.41, 5.74) is 1.69. The van der Waals surface area contributed by atoms with Crippen molar-refractivity contribution in [2.75, 3.05) is 17.9 Å². The van der Waals surface area contributed by atoms with Crippen LogP contribution in [0.2, 0.25) is 0 Å². The molecule has 1 amide bonds. The second-order valence-corrected chi connectivity index (χ2v) is 6.09. The first-order chi connectivity index (χ1) is 11.8. The van der Waals surface area contributed by atoms with E-state index in [1.807, 2.05) is 54.6 Å². The van der Waals surface area contributed by atoms with Crippen molar-refractivity contribution < 1.29 is 9.53 Å². The lowest BCUT2D eigenvalue weighted by Gasteiger charge is -2.25. The summed E-state index contributed by atoms with van der Waals surface area (Å²) in [4.78, 5) is 18.9. The Balaban J connectivity index is 1.66. The number of carbonyl (C=O) groups is 1. The van der Waals surface area contributed by atoms with Crippen molar-refractivity contribution in [2.24, 2.45) is 0 Å². The zero-order valence-electron chi connectivity index (χ0n) is 12.9. The molecule has 6 nitrogen and oxygen atoms in total. The molecule has 0 spiro atoms. The number of hydrogen-bond acceptors (Lipinski definition) is 5. The van der Waals surface area contributed by atoms with E-state index in [2.05, 4.69) is 10.1 Å². The van der Waals surface area contributed by atoms with Crippen LogP contribution in [0.5, 0.6) is 5.75 Å². The molecular formula is C17H14N4O2S. The first-order valence-corrected chi connectivity index (χ1v) is 8.36. The van der Waals surface area contributed by atoms with Crippen molar-refractivity contribution >= 4 is 23.5 Å². The molecule has 120 valence electrons. The van der Waals surface area contributed by atoms with E-state index in [9.17, 15) is 4.79 Å². The van der Waals surface area contributed by atoms with Gasteiger partial charge in [0.15, 0.2) is 11.0 Å². The van der Waals surface area contributed by atoms with Gasteiger partial charge in [0.1, 0.15) is 5.75 Å². The lowest BCUT2D eigenvalue weighted by Crippen LogP contribution is -2.38. The molecule has 0 aliphatic carbocycles. The molecule has 0 bridgehead atoms. The number of aromatic nitrogens is 3. The molecule has 7 heteroatoms. The maximum Gasteiger partial charge on any atom is 0.352 e. The fourth-order valence-corrected chi connectivity index (χ4v) is 3.36. The predicted octanol–water partition coefficient (Wildman–Crippen LogP) is 3.49. The van der Waals surface area contributed by atoms with Gasteiger partial charge in [-0.2, -0.15) is 4.68 Å². The Kier molecular flexibility index (Phi) is 3.70. The third kappa shape index (κ3) is 2.52. The highest BCUT2D eigenvalue weighted by Crippen LogP contribution is 2.30. The number of ether oxygens (including phenoxy) is 1. The van der Waals surface area contributed by atoms with Crippen LogP contribution in [0, 0.1) is 0 Å². The Hall–Kier alpha value is -2.80. The Morgan fingerprint density at radius 2 is 1.83 bits per heavy atom. The number of benzene rings is 2. The van der Waals surface area contributed by atoms with Crippen LogP contribution < -0.4 is 9.64 Å². The molecule has 3 aromatic rings. The number of hydrogen-bond donors (Lipinski definition) is 0. The van der Waals surface area contributed by atoms with Crippen molar-refractivity contribution in [1.82, 2.24) is 14.8 Å². The van der Waals surface area contributed by atoms with Crippen molar-refractivity contribution in [2.45, 2.75) is 5.16 Å². The lowest BCUT2D eigenvalue weighted by atomic mass is 10.2. The van der Waals surface area contributed by atoms with Gasteiger partial charge in [-0.1, -0.05) is 30.0 Å². The van der Waals surface area contributed by atoms with E-state index in [1.165, 1.54) is 16.4 Å². The highest BCUT2D eigenvalue weighted by atomic mass is 32.2. The Bertz CT molecular complexity index is 877. The summed E-state index contributed by atoms with van der Waals surface area (Å²) in [7, 11) is 1.62. The molecule has 0 N–H and O–H groups in total. The van der Waals surface area contributed by atoms with Crippen molar-refractivity contribution in [3.05, 3.63) is 54.6 Å².